The highest BCUT2D eigenvalue weighted by molar-refractivity contribution is 5.95. The number of methoxy groups -OCH3 is 1. The van der Waals surface area contributed by atoms with Gasteiger partial charge in [0.05, 0.1) is 0 Å². The number of carboxylic acids is 1. The summed E-state index contributed by atoms with van der Waals surface area (Å²) in [5, 5.41) is 8.75. The van der Waals surface area contributed by atoms with E-state index in [1.807, 2.05) is 6.07 Å². The van der Waals surface area contributed by atoms with Gasteiger partial charge in [-0.25, -0.2) is 0 Å². The molecule has 0 atom stereocenters. The normalized spacial score (nSPS) is 10.3. The van der Waals surface area contributed by atoms with E-state index >= 15 is 0 Å². The fourth-order valence-electron chi connectivity index (χ4n) is 1.94. The molecule has 0 aromatic heterocycles. The van der Waals surface area contributed by atoms with Crippen LogP contribution in [0.2, 0.25) is 0 Å². The molecule has 1 rings (SSSR count). The first-order valence-electron chi connectivity index (χ1n) is 6.60. The summed E-state index contributed by atoms with van der Waals surface area (Å²) in [6, 6.07) is 7.16. The average molecular weight is 279 g/mol. The van der Waals surface area contributed by atoms with Crippen LogP contribution in [0.3, 0.4) is 0 Å². The molecule has 0 radical (unpaired) electrons. The highest BCUT2D eigenvalue weighted by Gasteiger charge is 2.15. The quantitative estimate of drug-likeness (QED) is 0.737. The van der Waals surface area contributed by atoms with E-state index in [1.54, 1.807) is 37.3 Å². The highest BCUT2D eigenvalue weighted by atomic mass is 16.5. The Hall–Kier alpha value is -1.88. The van der Waals surface area contributed by atoms with Crippen LogP contribution in [0.5, 0.6) is 0 Å². The van der Waals surface area contributed by atoms with E-state index in [4.69, 9.17) is 9.84 Å². The highest BCUT2D eigenvalue weighted by Crippen LogP contribution is 2.13. The van der Waals surface area contributed by atoms with Crippen molar-refractivity contribution in [2.24, 2.45) is 0 Å². The summed E-state index contributed by atoms with van der Waals surface area (Å²) in [6.07, 6.45) is 1.16. The molecule has 20 heavy (non-hydrogen) atoms. The molecular weight excluding hydrogens is 258 g/mol. The molecule has 0 heterocycles. The summed E-state index contributed by atoms with van der Waals surface area (Å²) in [5.74, 6) is -0.942. The number of nitrogens with zero attached hydrogens (tertiary/aromatic N) is 1. The van der Waals surface area contributed by atoms with Gasteiger partial charge in [-0.1, -0.05) is 18.2 Å². The van der Waals surface area contributed by atoms with Crippen LogP contribution in [0.4, 0.5) is 0 Å². The van der Waals surface area contributed by atoms with E-state index in [1.165, 1.54) is 0 Å². The summed E-state index contributed by atoms with van der Waals surface area (Å²) in [5.41, 5.74) is 1.35. The third-order valence-corrected chi connectivity index (χ3v) is 3.04. The minimum Gasteiger partial charge on any atom is -0.481 e. The predicted octanol–water partition coefficient (Wildman–Crippen LogP) is 1.81. The van der Waals surface area contributed by atoms with Crippen molar-refractivity contribution < 1.29 is 19.4 Å². The molecule has 0 spiro atoms. The van der Waals surface area contributed by atoms with Gasteiger partial charge in [-0.3, -0.25) is 9.59 Å². The molecule has 5 heteroatoms. The lowest BCUT2D eigenvalue weighted by atomic mass is 10.0. The van der Waals surface area contributed by atoms with E-state index in [9.17, 15) is 9.59 Å². The van der Waals surface area contributed by atoms with Crippen molar-refractivity contribution in [1.82, 2.24) is 4.90 Å². The number of carbonyl (C=O) groups excluding carboxylic acids is 1. The van der Waals surface area contributed by atoms with Crippen LogP contribution in [0, 0.1) is 0 Å². The van der Waals surface area contributed by atoms with Gasteiger partial charge in [-0.05, 0) is 24.5 Å². The van der Waals surface area contributed by atoms with Crippen LogP contribution in [-0.4, -0.2) is 49.2 Å². The second-order valence-electron chi connectivity index (χ2n) is 4.62. The first-order chi connectivity index (χ1) is 9.56. The van der Waals surface area contributed by atoms with Gasteiger partial charge < -0.3 is 14.7 Å². The van der Waals surface area contributed by atoms with Gasteiger partial charge in [-0.15, -0.1) is 0 Å². The number of aryl methyl sites for hydroxylation is 1. The number of hydrogen-bond acceptors (Lipinski definition) is 3. The molecule has 0 fully saturated rings. The first-order valence-corrected chi connectivity index (χ1v) is 6.60. The number of rotatable bonds is 8. The molecule has 0 saturated heterocycles. The maximum absolute atomic E-state index is 12.3. The maximum Gasteiger partial charge on any atom is 0.303 e. The van der Waals surface area contributed by atoms with E-state index in [0.717, 1.165) is 12.0 Å². The molecule has 0 bridgehead atoms. The molecule has 0 aliphatic heterocycles. The number of ether oxygens (including phenoxy) is 1. The number of carbonyl (C=O) groups is 2. The van der Waals surface area contributed by atoms with E-state index < -0.39 is 5.97 Å². The Morgan fingerprint density at radius 3 is 2.65 bits per heavy atom. The predicted molar refractivity (Wildman–Crippen MR) is 75.9 cm³/mol. The number of hydrogen-bond donors (Lipinski definition) is 1. The average Bonchev–Trinajstić information content (AvgIpc) is 2.44. The Bertz CT molecular complexity index is 459. The minimum absolute atomic E-state index is 0.0255. The molecule has 1 aromatic rings. The van der Waals surface area contributed by atoms with Gasteiger partial charge in [0, 0.05) is 39.3 Å². The molecular formula is C15H21NO4. The van der Waals surface area contributed by atoms with Gasteiger partial charge in [0.1, 0.15) is 0 Å². The smallest absolute Gasteiger partial charge is 0.303 e. The van der Waals surface area contributed by atoms with E-state index in [0.29, 0.717) is 25.1 Å². The molecule has 0 aliphatic rings. The molecule has 5 nitrogen and oxygen atoms in total. The Balaban J connectivity index is 2.73. The van der Waals surface area contributed by atoms with Crippen molar-refractivity contribution in [1.29, 1.82) is 0 Å². The van der Waals surface area contributed by atoms with Crippen LogP contribution in [0.1, 0.15) is 28.8 Å². The van der Waals surface area contributed by atoms with E-state index in [-0.39, 0.29) is 12.3 Å². The molecule has 1 aromatic carbocycles. The van der Waals surface area contributed by atoms with Crippen molar-refractivity contribution in [3.05, 3.63) is 35.4 Å². The SMILES string of the molecule is COCCCN(C)C(=O)c1ccccc1CCC(=O)O. The fraction of sp³-hybridized carbons (Fsp3) is 0.467. The fourth-order valence-corrected chi connectivity index (χ4v) is 1.94. The van der Waals surface area contributed by atoms with E-state index in [2.05, 4.69) is 0 Å². The zero-order valence-electron chi connectivity index (χ0n) is 12.0. The first kappa shape index (κ1) is 16.2. The van der Waals surface area contributed by atoms with Crippen LogP contribution in [-0.2, 0) is 16.0 Å². The monoisotopic (exact) mass is 279 g/mol. The largest absolute Gasteiger partial charge is 0.481 e. The molecule has 1 amide bonds. The van der Waals surface area contributed by atoms with Crippen LogP contribution < -0.4 is 0 Å². The summed E-state index contributed by atoms with van der Waals surface area (Å²) >= 11 is 0. The van der Waals surface area contributed by atoms with Crippen molar-refractivity contribution in [3.63, 3.8) is 0 Å². The molecule has 1 N–H and O–H groups in total. The Morgan fingerprint density at radius 1 is 1.30 bits per heavy atom. The van der Waals surface area contributed by atoms with Crippen molar-refractivity contribution in [3.8, 4) is 0 Å². The second kappa shape index (κ2) is 8.32. The Labute approximate surface area is 119 Å². The lowest BCUT2D eigenvalue weighted by molar-refractivity contribution is -0.136. The van der Waals surface area contributed by atoms with Gasteiger partial charge in [-0.2, -0.15) is 0 Å². The van der Waals surface area contributed by atoms with Gasteiger partial charge in [0.25, 0.3) is 5.91 Å². The number of benzene rings is 1. The van der Waals surface area contributed by atoms with Gasteiger partial charge >= 0.3 is 5.97 Å². The summed E-state index contributed by atoms with van der Waals surface area (Å²) < 4.78 is 4.96. The number of aliphatic carboxylic acids is 1. The summed E-state index contributed by atoms with van der Waals surface area (Å²) in [6.45, 7) is 1.22. The summed E-state index contributed by atoms with van der Waals surface area (Å²) in [4.78, 5) is 24.6. The Morgan fingerprint density at radius 2 is 2.00 bits per heavy atom. The lowest BCUT2D eigenvalue weighted by Crippen LogP contribution is -2.29. The number of amides is 1. The minimum atomic E-state index is -0.860. The second-order valence-corrected chi connectivity index (χ2v) is 4.62. The summed E-state index contributed by atoms with van der Waals surface area (Å²) in [7, 11) is 3.37. The molecule has 110 valence electrons. The van der Waals surface area contributed by atoms with Crippen LogP contribution in [0.15, 0.2) is 24.3 Å². The maximum atomic E-state index is 12.3. The molecule has 0 saturated carbocycles. The molecule has 0 unspecified atom stereocenters. The standard InChI is InChI=1S/C15H21NO4/c1-16(10-5-11-20-2)15(19)13-7-4-3-6-12(13)8-9-14(17)18/h3-4,6-7H,5,8-11H2,1-2H3,(H,17,18). The van der Waals surface area contributed by atoms with Crippen molar-refractivity contribution in [2.75, 3.05) is 27.3 Å². The zero-order valence-corrected chi connectivity index (χ0v) is 12.0. The third kappa shape index (κ3) is 5.01. The van der Waals surface area contributed by atoms with Crippen LogP contribution in [0.25, 0.3) is 0 Å². The zero-order chi connectivity index (χ0) is 15.0. The Kier molecular flexibility index (Phi) is 6.73. The topological polar surface area (TPSA) is 66.8 Å². The van der Waals surface area contributed by atoms with Gasteiger partial charge in [0.15, 0.2) is 0 Å². The van der Waals surface area contributed by atoms with Crippen molar-refractivity contribution in [2.45, 2.75) is 19.3 Å². The lowest BCUT2D eigenvalue weighted by Gasteiger charge is -2.18. The van der Waals surface area contributed by atoms with Crippen LogP contribution >= 0.6 is 0 Å². The third-order valence-electron chi connectivity index (χ3n) is 3.04. The molecule has 0 aliphatic carbocycles. The van der Waals surface area contributed by atoms with Crippen molar-refractivity contribution >= 4 is 11.9 Å². The van der Waals surface area contributed by atoms with Gasteiger partial charge in [0.2, 0.25) is 0 Å². The number of carboxylic acid groups (broad SMARTS) is 1.